The molecule has 5 rings (SSSR count). The van der Waals surface area contributed by atoms with E-state index in [-0.39, 0.29) is 6.79 Å². The summed E-state index contributed by atoms with van der Waals surface area (Å²) in [7, 11) is 3.33. The van der Waals surface area contributed by atoms with Crippen molar-refractivity contribution in [1.82, 2.24) is 4.98 Å². The third kappa shape index (κ3) is 1.86. The molecule has 0 radical (unpaired) electrons. The van der Waals surface area contributed by atoms with Crippen molar-refractivity contribution < 1.29 is 18.9 Å². The van der Waals surface area contributed by atoms with Crippen LogP contribution in [0.15, 0.2) is 23.8 Å². The zero-order valence-corrected chi connectivity index (χ0v) is 14.3. The van der Waals surface area contributed by atoms with Gasteiger partial charge in [-0.1, -0.05) is 0 Å². The van der Waals surface area contributed by atoms with E-state index in [1.54, 1.807) is 14.2 Å². The summed E-state index contributed by atoms with van der Waals surface area (Å²) in [5, 5.41) is 4.30. The maximum absolute atomic E-state index is 5.62. The average Bonchev–Trinajstić information content (AvgIpc) is 3.25. The molecule has 2 aliphatic carbocycles. The summed E-state index contributed by atoms with van der Waals surface area (Å²) >= 11 is 0. The Bertz CT molecular complexity index is 1180. The lowest BCUT2D eigenvalue weighted by atomic mass is 9.98. The van der Waals surface area contributed by atoms with E-state index in [4.69, 9.17) is 23.9 Å². The molecular weight excluding hydrogens is 318 g/mol. The Morgan fingerprint density at radius 2 is 2.00 bits per heavy atom. The molecule has 0 saturated carbocycles. The van der Waals surface area contributed by atoms with Gasteiger partial charge in [0.1, 0.15) is 5.76 Å². The maximum atomic E-state index is 5.62. The Morgan fingerprint density at radius 1 is 1.12 bits per heavy atom. The lowest BCUT2D eigenvalue weighted by Crippen LogP contribution is -2.20. The van der Waals surface area contributed by atoms with Gasteiger partial charge in [-0.3, -0.25) is 4.98 Å². The molecule has 0 N–H and O–H groups in total. The molecule has 0 bridgehead atoms. The number of methoxy groups -OCH3 is 2. The molecule has 0 saturated heterocycles. The number of hydrogen-bond donors (Lipinski definition) is 0. The maximum Gasteiger partial charge on any atom is 0.231 e. The van der Waals surface area contributed by atoms with Crippen molar-refractivity contribution >= 4 is 12.2 Å². The average molecular weight is 335 g/mol. The van der Waals surface area contributed by atoms with Gasteiger partial charge in [-0.05, 0) is 35.9 Å². The Labute approximate surface area is 144 Å². The minimum absolute atomic E-state index is 0.278. The van der Waals surface area contributed by atoms with Gasteiger partial charge in [0.25, 0.3) is 0 Å². The SMILES string of the molecule is COC1=C(OC)Cc2c3c(ncc2=C1)=c1cc2c(c(C)c1=C3)OCO2. The molecule has 5 heteroatoms. The molecule has 25 heavy (non-hydrogen) atoms. The van der Waals surface area contributed by atoms with Crippen LogP contribution in [0.5, 0.6) is 11.5 Å². The van der Waals surface area contributed by atoms with Gasteiger partial charge in [-0.15, -0.1) is 0 Å². The largest absolute Gasteiger partial charge is 0.497 e. The summed E-state index contributed by atoms with van der Waals surface area (Å²) in [6, 6.07) is 2.03. The minimum Gasteiger partial charge on any atom is -0.497 e. The molecule has 1 aromatic carbocycles. The molecule has 126 valence electrons. The first-order chi connectivity index (χ1) is 12.2. The van der Waals surface area contributed by atoms with Gasteiger partial charge >= 0.3 is 0 Å². The van der Waals surface area contributed by atoms with E-state index in [2.05, 4.69) is 13.0 Å². The highest BCUT2D eigenvalue weighted by molar-refractivity contribution is 5.65. The van der Waals surface area contributed by atoms with Gasteiger partial charge in [0.05, 0.1) is 19.6 Å². The molecule has 1 aromatic heterocycles. The van der Waals surface area contributed by atoms with Crippen molar-refractivity contribution in [3.63, 3.8) is 0 Å². The second-order valence-corrected chi connectivity index (χ2v) is 6.31. The number of pyridine rings is 1. The Hall–Kier alpha value is -2.95. The highest BCUT2D eigenvalue weighted by Crippen LogP contribution is 2.34. The monoisotopic (exact) mass is 335 g/mol. The van der Waals surface area contributed by atoms with E-state index in [1.165, 1.54) is 5.56 Å². The van der Waals surface area contributed by atoms with Gasteiger partial charge in [-0.25, -0.2) is 0 Å². The topological polar surface area (TPSA) is 49.8 Å². The van der Waals surface area contributed by atoms with E-state index in [0.29, 0.717) is 6.42 Å². The van der Waals surface area contributed by atoms with Crippen molar-refractivity contribution in [3.8, 4) is 11.5 Å². The van der Waals surface area contributed by atoms with Crippen LogP contribution in [0.3, 0.4) is 0 Å². The number of nitrogens with zero attached hydrogens (tertiary/aromatic N) is 1. The van der Waals surface area contributed by atoms with Crippen LogP contribution >= 0.6 is 0 Å². The van der Waals surface area contributed by atoms with Gasteiger partial charge < -0.3 is 18.9 Å². The molecule has 0 amide bonds. The smallest absolute Gasteiger partial charge is 0.231 e. The first kappa shape index (κ1) is 14.4. The first-order valence-electron chi connectivity index (χ1n) is 8.17. The zero-order valence-electron chi connectivity index (χ0n) is 14.3. The summed E-state index contributed by atoms with van der Waals surface area (Å²) in [5.74, 6) is 3.22. The third-order valence-electron chi connectivity index (χ3n) is 5.12. The van der Waals surface area contributed by atoms with Crippen LogP contribution in [0.4, 0.5) is 0 Å². The van der Waals surface area contributed by atoms with Crippen LogP contribution in [0.1, 0.15) is 16.7 Å². The Balaban J connectivity index is 1.84. The molecule has 3 aliphatic rings. The normalized spacial score (nSPS) is 15.8. The molecule has 0 atom stereocenters. The molecule has 5 nitrogen and oxygen atoms in total. The third-order valence-corrected chi connectivity index (χ3v) is 5.12. The molecule has 2 heterocycles. The summed E-state index contributed by atoms with van der Waals surface area (Å²) in [5.41, 5.74) is 3.44. The lowest BCUT2D eigenvalue weighted by Gasteiger charge is -2.17. The highest BCUT2D eigenvalue weighted by atomic mass is 16.7. The van der Waals surface area contributed by atoms with Gasteiger partial charge in [0.15, 0.2) is 17.3 Å². The van der Waals surface area contributed by atoms with Crippen LogP contribution in [0.25, 0.3) is 12.2 Å². The van der Waals surface area contributed by atoms with Crippen LogP contribution < -0.4 is 19.9 Å². The Kier molecular flexibility index (Phi) is 2.89. The molecule has 0 spiro atoms. The number of hydrogen-bond acceptors (Lipinski definition) is 5. The van der Waals surface area contributed by atoms with Gasteiger partial charge in [0.2, 0.25) is 6.79 Å². The minimum atomic E-state index is 0.278. The van der Waals surface area contributed by atoms with Gasteiger partial charge in [0, 0.05) is 34.2 Å². The quantitative estimate of drug-likeness (QED) is 0.708. The van der Waals surface area contributed by atoms with E-state index < -0.39 is 0 Å². The van der Waals surface area contributed by atoms with Gasteiger partial charge in [-0.2, -0.15) is 0 Å². The van der Waals surface area contributed by atoms with Crippen LogP contribution in [0.2, 0.25) is 0 Å². The summed E-state index contributed by atoms with van der Waals surface area (Å²) in [6.07, 6.45) is 6.78. The number of rotatable bonds is 2. The fraction of sp³-hybridized carbons (Fsp3) is 0.250. The highest BCUT2D eigenvalue weighted by Gasteiger charge is 2.23. The Morgan fingerprint density at radius 3 is 2.80 bits per heavy atom. The second-order valence-electron chi connectivity index (χ2n) is 6.31. The fourth-order valence-electron chi connectivity index (χ4n) is 3.83. The molecule has 0 fully saturated rings. The summed E-state index contributed by atoms with van der Waals surface area (Å²) in [6.45, 7) is 2.34. The number of aromatic nitrogens is 1. The van der Waals surface area contributed by atoms with Crippen LogP contribution in [-0.2, 0) is 15.9 Å². The van der Waals surface area contributed by atoms with Crippen LogP contribution in [-0.4, -0.2) is 26.0 Å². The zero-order chi connectivity index (χ0) is 17.1. The molecule has 1 aliphatic heterocycles. The van der Waals surface area contributed by atoms with Crippen LogP contribution in [0, 0.1) is 17.5 Å². The first-order valence-corrected chi connectivity index (χ1v) is 8.17. The predicted octanol–water partition coefficient (Wildman–Crippen LogP) is 1.39. The summed E-state index contributed by atoms with van der Waals surface area (Å²) in [4.78, 5) is 4.72. The van der Waals surface area contributed by atoms with E-state index >= 15 is 0 Å². The summed E-state index contributed by atoms with van der Waals surface area (Å²) < 4.78 is 22.2. The standard InChI is InChI=1S/C20H17NO4/c1-10-12-5-14-13-6-17(23-3)16(22-2)4-11(13)8-21-19(14)15(12)7-18-20(10)25-9-24-18/h4-5,7-8H,6,9H2,1-3H3. The van der Waals surface area contributed by atoms with Crippen molar-refractivity contribution in [1.29, 1.82) is 0 Å². The van der Waals surface area contributed by atoms with Crippen molar-refractivity contribution in [2.45, 2.75) is 13.3 Å². The lowest BCUT2D eigenvalue weighted by molar-refractivity contribution is 0.173. The van der Waals surface area contributed by atoms with Crippen molar-refractivity contribution in [2.75, 3.05) is 21.0 Å². The van der Waals surface area contributed by atoms with Crippen molar-refractivity contribution in [3.05, 3.63) is 61.5 Å². The molecular formula is C20H17NO4. The van der Waals surface area contributed by atoms with E-state index in [9.17, 15) is 0 Å². The predicted molar refractivity (Wildman–Crippen MR) is 91.2 cm³/mol. The molecule has 0 unspecified atom stereocenters. The number of fused-ring (bicyclic) bond motifs is 5. The van der Waals surface area contributed by atoms with E-state index in [0.717, 1.165) is 55.1 Å². The number of allylic oxidation sites excluding steroid dienone is 2. The second kappa shape index (κ2) is 5.02. The van der Waals surface area contributed by atoms with E-state index in [1.807, 2.05) is 18.3 Å². The van der Waals surface area contributed by atoms with Crippen molar-refractivity contribution in [2.24, 2.45) is 0 Å². The molecule has 2 aromatic rings. The number of ether oxygens (including phenoxy) is 4. The number of benzene rings is 1. The fourth-order valence-corrected chi connectivity index (χ4v) is 3.83.